The van der Waals surface area contributed by atoms with Crippen molar-refractivity contribution in [1.29, 1.82) is 0 Å². The zero-order valence-corrected chi connectivity index (χ0v) is 10.3. The van der Waals surface area contributed by atoms with Crippen LogP contribution in [0.4, 0.5) is 0 Å². The summed E-state index contributed by atoms with van der Waals surface area (Å²) >= 11 is 0. The van der Waals surface area contributed by atoms with Crippen molar-refractivity contribution in [2.24, 2.45) is 0 Å². The summed E-state index contributed by atoms with van der Waals surface area (Å²) in [6, 6.07) is 9.70. The van der Waals surface area contributed by atoms with Gasteiger partial charge in [-0.1, -0.05) is 36.9 Å². The van der Waals surface area contributed by atoms with Crippen molar-refractivity contribution in [2.45, 2.75) is 12.8 Å². The first kappa shape index (κ1) is 14.0. The average Bonchev–Trinajstić information content (AvgIpc) is 2.38. The van der Waals surface area contributed by atoms with E-state index in [1.54, 1.807) is 0 Å². The van der Waals surface area contributed by atoms with Gasteiger partial charge in [-0.15, -0.1) is 0 Å². The van der Waals surface area contributed by atoms with Crippen molar-refractivity contribution in [2.75, 3.05) is 13.7 Å². The van der Waals surface area contributed by atoms with E-state index in [4.69, 9.17) is 4.74 Å². The van der Waals surface area contributed by atoms with E-state index in [0.717, 1.165) is 5.56 Å². The Morgan fingerprint density at radius 2 is 1.89 bits per heavy atom. The minimum absolute atomic E-state index is 0.0993. The predicted octanol–water partition coefficient (Wildman–Crippen LogP) is 1.89. The lowest BCUT2D eigenvalue weighted by atomic mass is 10.2. The number of methoxy groups -OCH3 is 1. The lowest BCUT2D eigenvalue weighted by molar-refractivity contribution is -0.145. The largest absolute Gasteiger partial charge is 0.466 e. The Balaban J connectivity index is 2.26. The van der Waals surface area contributed by atoms with Gasteiger partial charge in [-0.2, -0.15) is 0 Å². The molecule has 0 atom stereocenters. The molecule has 1 rings (SSSR count). The van der Waals surface area contributed by atoms with Crippen LogP contribution in [0.5, 0.6) is 0 Å². The number of benzene rings is 1. The highest BCUT2D eigenvalue weighted by Gasteiger charge is 2.12. The third kappa shape index (κ3) is 4.82. The summed E-state index contributed by atoms with van der Waals surface area (Å²) in [5.74, 6) is -1.06. The van der Waals surface area contributed by atoms with Gasteiger partial charge in [-0.3, -0.25) is 4.79 Å². The summed E-state index contributed by atoms with van der Waals surface area (Å²) in [6.07, 6.45) is 0.513. The lowest BCUT2D eigenvalue weighted by Gasteiger charge is -2.05. The minimum Gasteiger partial charge on any atom is -0.466 e. The predicted molar refractivity (Wildman–Crippen MR) is 66.9 cm³/mol. The first-order valence-electron chi connectivity index (χ1n) is 5.59. The standard InChI is InChI=1S/C14H16O4/c1-11(14(16)17-2)10-13(15)18-9-8-12-6-4-3-5-7-12/h3-7H,1,8-10H2,2H3. The number of hydrogen-bond acceptors (Lipinski definition) is 4. The first-order chi connectivity index (χ1) is 8.63. The molecule has 0 amide bonds. The molecule has 0 aliphatic rings. The topological polar surface area (TPSA) is 52.6 Å². The Morgan fingerprint density at radius 1 is 1.22 bits per heavy atom. The zero-order valence-electron chi connectivity index (χ0n) is 10.3. The van der Waals surface area contributed by atoms with E-state index >= 15 is 0 Å². The Bertz CT molecular complexity index is 423. The fourth-order valence-corrected chi connectivity index (χ4v) is 1.37. The third-order valence-corrected chi connectivity index (χ3v) is 2.33. The number of carbonyl (C=O) groups excluding carboxylic acids is 2. The van der Waals surface area contributed by atoms with Gasteiger partial charge in [-0.05, 0) is 5.56 Å². The van der Waals surface area contributed by atoms with Crippen LogP contribution < -0.4 is 0 Å². The molecule has 0 aromatic heterocycles. The smallest absolute Gasteiger partial charge is 0.333 e. The van der Waals surface area contributed by atoms with Gasteiger partial charge in [0.1, 0.15) is 0 Å². The van der Waals surface area contributed by atoms with Gasteiger partial charge in [0.25, 0.3) is 0 Å². The number of carbonyl (C=O) groups is 2. The second-order valence-electron chi connectivity index (χ2n) is 3.73. The van der Waals surface area contributed by atoms with Crippen LogP contribution >= 0.6 is 0 Å². The molecule has 0 bridgehead atoms. The van der Waals surface area contributed by atoms with E-state index < -0.39 is 11.9 Å². The maximum atomic E-state index is 11.4. The molecule has 4 nitrogen and oxygen atoms in total. The molecule has 0 saturated carbocycles. The SMILES string of the molecule is C=C(CC(=O)OCCc1ccccc1)C(=O)OC. The van der Waals surface area contributed by atoms with Gasteiger partial charge in [0.05, 0.1) is 20.1 Å². The summed E-state index contributed by atoms with van der Waals surface area (Å²) in [4.78, 5) is 22.4. The van der Waals surface area contributed by atoms with E-state index in [9.17, 15) is 9.59 Å². The van der Waals surface area contributed by atoms with Crippen molar-refractivity contribution in [3.05, 3.63) is 48.0 Å². The molecule has 96 valence electrons. The molecular formula is C14H16O4. The molecule has 0 saturated heterocycles. The Kier molecular flexibility index (Phi) is 5.64. The third-order valence-electron chi connectivity index (χ3n) is 2.33. The van der Waals surface area contributed by atoms with E-state index in [1.165, 1.54) is 7.11 Å². The van der Waals surface area contributed by atoms with Gasteiger partial charge < -0.3 is 9.47 Å². The van der Waals surface area contributed by atoms with Gasteiger partial charge in [-0.25, -0.2) is 4.79 Å². The van der Waals surface area contributed by atoms with Crippen molar-refractivity contribution in [3.63, 3.8) is 0 Å². The molecule has 1 aromatic rings. The molecular weight excluding hydrogens is 232 g/mol. The molecule has 0 aliphatic heterocycles. The summed E-state index contributed by atoms with van der Waals surface area (Å²) in [7, 11) is 1.24. The summed E-state index contributed by atoms with van der Waals surface area (Å²) in [5.41, 5.74) is 1.19. The van der Waals surface area contributed by atoms with Gasteiger partial charge in [0, 0.05) is 12.0 Å². The molecule has 0 heterocycles. The van der Waals surface area contributed by atoms with Crippen LogP contribution in [0.2, 0.25) is 0 Å². The monoisotopic (exact) mass is 248 g/mol. The highest BCUT2D eigenvalue weighted by molar-refractivity contribution is 5.93. The molecule has 1 aromatic carbocycles. The van der Waals surface area contributed by atoms with E-state index in [0.29, 0.717) is 6.42 Å². The van der Waals surface area contributed by atoms with Crippen LogP contribution in [0, 0.1) is 0 Å². The van der Waals surface area contributed by atoms with Crippen LogP contribution in [0.25, 0.3) is 0 Å². The number of rotatable bonds is 6. The Morgan fingerprint density at radius 3 is 2.50 bits per heavy atom. The Labute approximate surface area is 106 Å². The van der Waals surface area contributed by atoms with Crippen molar-refractivity contribution >= 4 is 11.9 Å². The fraction of sp³-hybridized carbons (Fsp3) is 0.286. The van der Waals surface area contributed by atoms with Gasteiger partial charge >= 0.3 is 11.9 Å². The number of esters is 2. The maximum absolute atomic E-state index is 11.4. The van der Waals surface area contributed by atoms with Crippen LogP contribution in [0.1, 0.15) is 12.0 Å². The van der Waals surface area contributed by atoms with Crippen LogP contribution in [0.15, 0.2) is 42.5 Å². The van der Waals surface area contributed by atoms with Crippen molar-refractivity contribution in [1.82, 2.24) is 0 Å². The fourth-order valence-electron chi connectivity index (χ4n) is 1.37. The maximum Gasteiger partial charge on any atom is 0.333 e. The minimum atomic E-state index is -0.588. The molecule has 18 heavy (non-hydrogen) atoms. The average molecular weight is 248 g/mol. The summed E-state index contributed by atoms with van der Waals surface area (Å²) in [6.45, 7) is 3.75. The van der Waals surface area contributed by atoms with Crippen molar-refractivity contribution < 1.29 is 19.1 Å². The summed E-state index contributed by atoms with van der Waals surface area (Å²) < 4.78 is 9.44. The zero-order chi connectivity index (χ0) is 13.4. The molecule has 0 radical (unpaired) electrons. The lowest BCUT2D eigenvalue weighted by Crippen LogP contribution is -2.12. The van der Waals surface area contributed by atoms with Crippen LogP contribution in [0.3, 0.4) is 0 Å². The summed E-state index contributed by atoms with van der Waals surface area (Å²) in [5, 5.41) is 0. The van der Waals surface area contributed by atoms with E-state index in [2.05, 4.69) is 11.3 Å². The first-order valence-corrected chi connectivity index (χ1v) is 5.59. The molecule has 0 spiro atoms. The molecule has 0 fully saturated rings. The van der Waals surface area contributed by atoms with Crippen LogP contribution in [-0.4, -0.2) is 25.7 Å². The second-order valence-corrected chi connectivity index (χ2v) is 3.73. The van der Waals surface area contributed by atoms with Gasteiger partial charge in [0.15, 0.2) is 0 Å². The highest BCUT2D eigenvalue weighted by atomic mass is 16.5. The van der Waals surface area contributed by atoms with E-state index in [1.807, 2.05) is 30.3 Å². The van der Waals surface area contributed by atoms with Crippen molar-refractivity contribution in [3.8, 4) is 0 Å². The normalized spacial score (nSPS) is 9.61. The number of ether oxygens (including phenoxy) is 2. The molecule has 4 heteroatoms. The molecule has 0 unspecified atom stereocenters. The Hall–Kier alpha value is -2.10. The highest BCUT2D eigenvalue weighted by Crippen LogP contribution is 2.04. The van der Waals surface area contributed by atoms with Crippen LogP contribution in [-0.2, 0) is 25.5 Å². The van der Waals surface area contributed by atoms with E-state index in [-0.39, 0.29) is 18.6 Å². The molecule has 0 N–H and O–H groups in total. The second kappa shape index (κ2) is 7.27. The molecule has 0 aliphatic carbocycles. The quantitative estimate of drug-likeness (QED) is 0.570. The number of hydrogen-bond donors (Lipinski definition) is 0. The van der Waals surface area contributed by atoms with Gasteiger partial charge in [0.2, 0.25) is 0 Å².